The second-order valence-electron chi connectivity index (χ2n) is 6.38. The van der Waals surface area contributed by atoms with Crippen LogP contribution < -0.4 is 10.2 Å². The van der Waals surface area contributed by atoms with Crippen molar-refractivity contribution in [2.45, 2.75) is 12.5 Å². The van der Waals surface area contributed by atoms with Crippen molar-refractivity contribution in [2.75, 3.05) is 18.0 Å². The van der Waals surface area contributed by atoms with Gasteiger partial charge >= 0.3 is 0 Å². The summed E-state index contributed by atoms with van der Waals surface area (Å²) < 4.78 is 1.09. The number of nitrogens with zero attached hydrogens (tertiary/aromatic N) is 1. The van der Waals surface area contributed by atoms with Crippen LogP contribution in [0.1, 0.15) is 16.8 Å². The lowest BCUT2D eigenvalue weighted by Crippen LogP contribution is -2.37. The van der Waals surface area contributed by atoms with Crippen molar-refractivity contribution in [1.82, 2.24) is 5.32 Å². The molecule has 0 radical (unpaired) electrons. The number of amides is 1. The van der Waals surface area contributed by atoms with Crippen molar-refractivity contribution in [3.63, 3.8) is 0 Å². The minimum Gasteiger partial charge on any atom is -0.368 e. The Morgan fingerprint density at radius 3 is 2.64 bits per heavy atom. The normalized spacial score (nSPS) is 17.0. The van der Waals surface area contributed by atoms with Gasteiger partial charge in [0, 0.05) is 29.2 Å². The number of nitrogens with one attached hydrogen (secondary N) is 1. The third-order valence-electron chi connectivity index (χ3n) is 4.75. The number of hydrogen-bond acceptors (Lipinski definition) is 2. The molecule has 1 saturated heterocycles. The molecule has 1 N–H and O–H groups in total. The van der Waals surface area contributed by atoms with E-state index in [-0.39, 0.29) is 11.9 Å². The van der Waals surface area contributed by atoms with Gasteiger partial charge in [-0.05, 0) is 51.3 Å². The molecular weight excluding hydrogens is 376 g/mol. The van der Waals surface area contributed by atoms with E-state index in [4.69, 9.17) is 0 Å². The zero-order valence-electron chi connectivity index (χ0n) is 13.8. The zero-order valence-corrected chi connectivity index (χ0v) is 15.4. The lowest BCUT2D eigenvalue weighted by atomic mass is 10.0. The fourth-order valence-corrected chi connectivity index (χ4v) is 4.03. The van der Waals surface area contributed by atoms with E-state index in [1.807, 2.05) is 54.6 Å². The van der Waals surface area contributed by atoms with E-state index < -0.39 is 0 Å². The standard InChI is InChI=1S/C21H19BrN2O/c22-19-10-3-4-11-20(19)24-13-12-16(14-24)23-21(25)18-9-5-7-15-6-1-2-8-17(15)18/h1-11,16H,12-14H2,(H,23,25). The Labute approximate surface area is 155 Å². The summed E-state index contributed by atoms with van der Waals surface area (Å²) in [6.07, 6.45) is 0.956. The van der Waals surface area contributed by atoms with Crippen LogP contribution in [-0.2, 0) is 0 Å². The van der Waals surface area contributed by atoms with Crippen LogP contribution in [0.3, 0.4) is 0 Å². The van der Waals surface area contributed by atoms with Crippen molar-refractivity contribution < 1.29 is 4.79 Å². The molecule has 1 amide bonds. The van der Waals surface area contributed by atoms with Crippen LogP contribution in [0.4, 0.5) is 5.69 Å². The minimum absolute atomic E-state index is 0.00998. The van der Waals surface area contributed by atoms with Crippen molar-refractivity contribution >= 4 is 38.3 Å². The summed E-state index contributed by atoms with van der Waals surface area (Å²) in [7, 11) is 0. The van der Waals surface area contributed by atoms with E-state index in [2.05, 4.69) is 38.3 Å². The maximum absolute atomic E-state index is 12.8. The van der Waals surface area contributed by atoms with E-state index in [1.165, 1.54) is 5.69 Å². The summed E-state index contributed by atoms with van der Waals surface area (Å²) in [5.74, 6) is 0.00998. The number of carbonyl (C=O) groups is 1. The molecule has 126 valence electrons. The Kier molecular flexibility index (Phi) is 4.45. The topological polar surface area (TPSA) is 32.3 Å². The molecule has 1 heterocycles. The number of benzene rings is 3. The second-order valence-corrected chi connectivity index (χ2v) is 7.24. The van der Waals surface area contributed by atoms with Gasteiger partial charge < -0.3 is 10.2 Å². The van der Waals surface area contributed by atoms with E-state index in [1.54, 1.807) is 0 Å². The highest BCUT2D eigenvalue weighted by molar-refractivity contribution is 9.10. The molecule has 0 bridgehead atoms. The average molecular weight is 395 g/mol. The first-order chi connectivity index (χ1) is 12.2. The minimum atomic E-state index is 0.00998. The summed E-state index contributed by atoms with van der Waals surface area (Å²) in [4.78, 5) is 15.1. The smallest absolute Gasteiger partial charge is 0.252 e. The first kappa shape index (κ1) is 16.2. The molecule has 1 fully saturated rings. The van der Waals surface area contributed by atoms with Crippen LogP contribution >= 0.6 is 15.9 Å². The molecule has 1 aliphatic heterocycles. The Morgan fingerprint density at radius 1 is 1.00 bits per heavy atom. The molecule has 3 aromatic rings. The first-order valence-electron chi connectivity index (χ1n) is 8.50. The average Bonchev–Trinajstić information content (AvgIpc) is 3.09. The van der Waals surface area contributed by atoms with Gasteiger partial charge in [-0.1, -0.05) is 48.5 Å². The molecule has 3 aromatic carbocycles. The molecule has 1 unspecified atom stereocenters. The number of fused-ring (bicyclic) bond motifs is 1. The van der Waals surface area contributed by atoms with Crippen LogP contribution in [0.25, 0.3) is 10.8 Å². The maximum atomic E-state index is 12.8. The number of para-hydroxylation sites is 1. The molecule has 0 spiro atoms. The van der Waals surface area contributed by atoms with Crippen LogP contribution in [0.2, 0.25) is 0 Å². The lowest BCUT2D eigenvalue weighted by Gasteiger charge is -2.20. The predicted octanol–water partition coefficient (Wildman–Crippen LogP) is 4.61. The van der Waals surface area contributed by atoms with E-state index in [9.17, 15) is 4.79 Å². The van der Waals surface area contributed by atoms with Crippen molar-refractivity contribution in [3.8, 4) is 0 Å². The van der Waals surface area contributed by atoms with Crippen LogP contribution in [0.15, 0.2) is 71.2 Å². The van der Waals surface area contributed by atoms with E-state index in [0.29, 0.717) is 0 Å². The van der Waals surface area contributed by atoms with Crippen molar-refractivity contribution in [3.05, 3.63) is 76.8 Å². The molecule has 4 heteroatoms. The molecule has 1 aliphatic rings. The third-order valence-corrected chi connectivity index (χ3v) is 5.42. The summed E-state index contributed by atoms with van der Waals surface area (Å²) in [5.41, 5.74) is 1.93. The van der Waals surface area contributed by atoms with Gasteiger partial charge in [-0.25, -0.2) is 0 Å². The third kappa shape index (κ3) is 3.27. The Morgan fingerprint density at radius 2 is 1.76 bits per heavy atom. The highest BCUT2D eigenvalue weighted by Gasteiger charge is 2.25. The zero-order chi connectivity index (χ0) is 17.2. The highest BCUT2D eigenvalue weighted by atomic mass is 79.9. The first-order valence-corrected chi connectivity index (χ1v) is 9.30. The second kappa shape index (κ2) is 6.89. The Bertz CT molecular complexity index is 919. The Hall–Kier alpha value is -2.33. The molecule has 25 heavy (non-hydrogen) atoms. The largest absolute Gasteiger partial charge is 0.368 e. The van der Waals surface area contributed by atoms with E-state index in [0.717, 1.165) is 40.3 Å². The van der Waals surface area contributed by atoms with Crippen molar-refractivity contribution in [2.24, 2.45) is 0 Å². The summed E-state index contributed by atoms with van der Waals surface area (Å²) in [5, 5.41) is 5.31. The molecule has 0 saturated carbocycles. The van der Waals surface area contributed by atoms with E-state index >= 15 is 0 Å². The summed E-state index contributed by atoms with van der Waals surface area (Å²) >= 11 is 3.61. The maximum Gasteiger partial charge on any atom is 0.252 e. The molecule has 0 aromatic heterocycles. The summed E-state index contributed by atoms with van der Waals surface area (Å²) in [6, 6.07) is 22.3. The van der Waals surface area contributed by atoms with Gasteiger partial charge in [0.1, 0.15) is 0 Å². The fraction of sp³-hybridized carbons (Fsp3) is 0.190. The molecule has 3 nitrogen and oxygen atoms in total. The number of halogens is 1. The van der Waals surface area contributed by atoms with Crippen molar-refractivity contribution in [1.29, 1.82) is 0 Å². The number of hydrogen-bond donors (Lipinski definition) is 1. The number of anilines is 1. The highest BCUT2D eigenvalue weighted by Crippen LogP contribution is 2.28. The van der Waals surface area contributed by atoms with Gasteiger partial charge in [0.25, 0.3) is 5.91 Å². The van der Waals surface area contributed by atoms with Crippen LogP contribution in [0.5, 0.6) is 0 Å². The predicted molar refractivity (Wildman–Crippen MR) is 106 cm³/mol. The number of carbonyl (C=O) groups excluding carboxylic acids is 1. The molecule has 0 aliphatic carbocycles. The molecular formula is C21H19BrN2O. The lowest BCUT2D eigenvalue weighted by molar-refractivity contribution is 0.0942. The summed E-state index contributed by atoms with van der Waals surface area (Å²) in [6.45, 7) is 1.78. The van der Waals surface area contributed by atoms with Gasteiger partial charge in [0.15, 0.2) is 0 Å². The monoisotopic (exact) mass is 394 g/mol. The number of rotatable bonds is 3. The van der Waals surface area contributed by atoms with Crippen LogP contribution in [-0.4, -0.2) is 25.0 Å². The molecule has 4 rings (SSSR count). The van der Waals surface area contributed by atoms with Gasteiger partial charge in [-0.15, -0.1) is 0 Å². The quantitative estimate of drug-likeness (QED) is 0.703. The molecule has 1 atom stereocenters. The SMILES string of the molecule is O=C(NC1CCN(c2ccccc2Br)C1)c1cccc2ccccc12. The Balaban J connectivity index is 1.49. The van der Waals surface area contributed by atoms with Gasteiger partial charge in [0.2, 0.25) is 0 Å². The van der Waals surface area contributed by atoms with Crippen LogP contribution in [0, 0.1) is 0 Å². The van der Waals surface area contributed by atoms with Gasteiger partial charge in [-0.3, -0.25) is 4.79 Å². The fourth-order valence-electron chi connectivity index (χ4n) is 3.49. The van der Waals surface area contributed by atoms with Gasteiger partial charge in [-0.2, -0.15) is 0 Å². The van der Waals surface area contributed by atoms with Gasteiger partial charge in [0.05, 0.1) is 5.69 Å².